The van der Waals surface area contributed by atoms with E-state index in [1.165, 1.54) is 24.1 Å². The van der Waals surface area contributed by atoms with Gasteiger partial charge in [-0.25, -0.2) is 4.98 Å². The molecule has 3 rings (SSSR count). The van der Waals surface area contributed by atoms with Gasteiger partial charge < -0.3 is 4.90 Å². The molecule has 0 aliphatic heterocycles. The van der Waals surface area contributed by atoms with E-state index in [1.807, 2.05) is 0 Å². The molecule has 18 heavy (non-hydrogen) atoms. The van der Waals surface area contributed by atoms with Gasteiger partial charge in [0.15, 0.2) is 10.9 Å². The highest BCUT2D eigenvalue weighted by molar-refractivity contribution is 7.16. The van der Waals surface area contributed by atoms with Gasteiger partial charge in [-0.1, -0.05) is 6.42 Å². The molecule has 2 aliphatic carbocycles. The average Bonchev–Trinajstić information content (AvgIpc) is 2.73. The summed E-state index contributed by atoms with van der Waals surface area (Å²) in [6, 6.07) is 0. The maximum atomic E-state index is 11.8. The van der Waals surface area contributed by atoms with Crippen molar-refractivity contribution in [1.29, 1.82) is 0 Å². The lowest BCUT2D eigenvalue weighted by Crippen LogP contribution is -2.32. The third-order valence-corrected chi connectivity index (χ3v) is 5.29. The summed E-state index contributed by atoms with van der Waals surface area (Å²) in [5, 5.41) is 1.07. The van der Waals surface area contributed by atoms with E-state index in [9.17, 15) is 4.79 Å². The molecule has 1 aromatic rings. The standard InChI is InChI=1S/C14H20N2OS/c1-2-16(9-10-5-3-6-10)14-15-13-11(17)7-4-8-12(13)18-14/h10H,2-9H2,1H3. The van der Waals surface area contributed by atoms with Gasteiger partial charge in [-0.05, 0) is 38.5 Å². The Hall–Kier alpha value is -0.900. The summed E-state index contributed by atoms with van der Waals surface area (Å²) in [5.74, 6) is 1.10. The minimum atomic E-state index is 0.249. The van der Waals surface area contributed by atoms with Crippen molar-refractivity contribution in [1.82, 2.24) is 4.98 Å². The molecule has 1 fully saturated rings. The van der Waals surface area contributed by atoms with Crippen LogP contribution in [0.2, 0.25) is 0 Å². The molecule has 0 bridgehead atoms. The molecule has 0 spiro atoms. The number of Topliss-reactive ketones (excluding diaryl/α,β-unsaturated/α-hetero) is 1. The van der Waals surface area contributed by atoms with Gasteiger partial charge in [-0.15, -0.1) is 11.3 Å². The van der Waals surface area contributed by atoms with Crippen LogP contribution in [0.15, 0.2) is 0 Å². The van der Waals surface area contributed by atoms with Crippen molar-refractivity contribution in [2.45, 2.75) is 45.4 Å². The van der Waals surface area contributed by atoms with Gasteiger partial charge in [0.1, 0.15) is 5.69 Å². The van der Waals surface area contributed by atoms with E-state index in [4.69, 9.17) is 0 Å². The van der Waals surface area contributed by atoms with Crippen molar-refractivity contribution >= 4 is 22.3 Å². The fourth-order valence-corrected chi connectivity index (χ4v) is 3.91. The predicted molar refractivity (Wildman–Crippen MR) is 74.6 cm³/mol. The molecule has 1 saturated carbocycles. The summed E-state index contributed by atoms with van der Waals surface area (Å²) < 4.78 is 0. The topological polar surface area (TPSA) is 33.2 Å². The molecule has 0 N–H and O–H groups in total. The summed E-state index contributed by atoms with van der Waals surface area (Å²) in [7, 11) is 0. The normalized spacial score (nSPS) is 19.5. The smallest absolute Gasteiger partial charge is 0.186 e. The Bertz CT molecular complexity index is 451. The number of rotatable bonds is 4. The zero-order valence-electron chi connectivity index (χ0n) is 10.9. The minimum Gasteiger partial charge on any atom is -0.348 e. The highest BCUT2D eigenvalue weighted by atomic mass is 32.1. The van der Waals surface area contributed by atoms with E-state index >= 15 is 0 Å². The number of aromatic nitrogens is 1. The van der Waals surface area contributed by atoms with Crippen molar-refractivity contribution in [3.63, 3.8) is 0 Å². The lowest BCUT2D eigenvalue weighted by atomic mass is 9.85. The fraction of sp³-hybridized carbons (Fsp3) is 0.714. The first kappa shape index (κ1) is 12.2. The van der Waals surface area contributed by atoms with E-state index in [0.717, 1.165) is 42.7 Å². The number of carbonyl (C=O) groups excluding carboxylic acids is 1. The summed E-state index contributed by atoms with van der Waals surface area (Å²) in [5.41, 5.74) is 0.772. The Morgan fingerprint density at radius 1 is 1.33 bits per heavy atom. The third-order valence-electron chi connectivity index (χ3n) is 4.11. The molecule has 0 amide bonds. The second kappa shape index (κ2) is 5.00. The lowest BCUT2D eigenvalue weighted by molar-refractivity contribution is 0.0968. The Balaban J connectivity index is 1.79. The Morgan fingerprint density at radius 2 is 2.17 bits per heavy atom. The highest BCUT2D eigenvalue weighted by Gasteiger charge is 2.26. The molecule has 0 saturated heterocycles. The van der Waals surface area contributed by atoms with Crippen molar-refractivity contribution in [3.05, 3.63) is 10.6 Å². The number of ketones is 1. The number of hydrogen-bond acceptors (Lipinski definition) is 4. The van der Waals surface area contributed by atoms with Crippen LogP contribution in [0.4, 0.5) is 5.13 Å². The maximum Gasteiger partial charge on any atom is 0.186 e. The molecule has 2 aliphatic rings. The van der Waals surface area contributed by atoms with Gasteiger partial charge in [0.05, 0.1) is 0 Å². The van der Waals surface area contributed by atoms with Gasteiger partial charge in [0.25, 0.3) is 0 Å². The number of thiazole rings is 1. The van der Waals surface area contributed by atoms with Gasteiger partial charge in [0, 0.05) is 24.4 Å². The Morgan fingerprint density at radius 3 is 2.78 bits per heavy atom. The highest BCUT2D eigenvalue weighted by Crippen LogP contribution is 2.34. The second-order valence-electron chi connectivity index (χ2n) is 5.38. The van der Waals surface area contributed by atoms with E-state index in [0.29, 0.717) is 6.42 Å². The van der Waals surface area contributed by atoms with Crippen molar-refractivity contribution in [3.8, 4) is 0 Å². The number of carbonyl (C=O) groups is 1. The minimum absolute atomic E-state index is 0.249. The van der Waals surface area contributed by atoms with Crippen LogP contribution in [0.1, 0.15) is 54.4 Å². The van der Waals surface area contributed by atoms with E-state index in [2.05, 4.69) is 16.8 Å². The van der Waals surface area contributed by atoms with Gasteiger partial charge in [0.2, 0.25) is 0 Å². The van der Waals surface area contributed by atoms with Crippen LogP contribution in [-0.4, -0.2) is 23.9 Å². The number of nitrogens with zero attached hydrogens (tertiary/aromatic N) is 2. The Kier molecular flexibility index (Phi) is 3.37. The van der Waals surface area contributed by atoms with E-state index in [1.54, 1.807) is 11.3 Å². The van der Waals surface area contributed by atoms with Crippen molar-refractivity contribution < 1.29 is 4.79 Å². The largest absolute Gasteiger partial charge is 0.348 e. The molecule has 0 atom stereocenters. The van der Waals surface area contributed by atoms with Crippen LogP contribution in [0, 0.1) is 5.92 Å². The summed E-state index contributed by atoms with van der Waals surface area (Å²) in [6.07, 6.45) is 6.84. The quantitative estimate of drug-likeness (QED) is 0.836. The molecule has 0 unspecified atom stereocenters. The summed E-state index contributed by atoms with van der Waals surface area (Å²) in [4.78, 5) is 20.0. The zero-order valence-corrected chi connectivity index (χ0v) is 11.8. The van der Waals surface area contributed by atoms with E-state index in [-0.39, 0.29) is 5.78 Å². The molecule has 1 aromatic heterocycles. The van der Waals surface area contributed by atoms with Gasteiger partial charge >= 0.3 is 0 Å². The maximum absolute atomic E-state index is 11.8. The van der Waals surface area contributed by atoms with Crippen LogP contribution >= 0.6 is 11.3 Å². The number of anilines is 1. The molecule has 98 valence electrons. The number of hydrogen-bond donors (Lipinski definition) is 0. The first-order chi connectivity index (χ1) is 8.78. The van der Waals surface area contributed by atoms with E-state index < -0.39 is 0 Å². The number of aryl methyl sites for hydroxylation is 1. The van der Waals surface area contributed by atoms with Crippen LogP contribution < -0.4 is 4.90 Å². The first-order valence-electron chi connectivity index (χ1n) is 7.05. The van der Waals surface area contributed by atoms with Crippen LogP contribution in [0.5, 0.6) is 0 Å². The SMILES string of the molecule is CCN(CC1CCC1)c1nc2c(s1)CCCC2=O. The molecule has 4 heteroatoms. The monoisotopic (exact) mass is 264 g/mol. The average molecular weight is 264 g/mol. The lowest BCUT2D eigenvalue weighted by Gasteiger charge is -2.31. The molecule has 0 aromatic carbocycles. The second-order valence-corrected chi connectivity index (χ2v) is 6.44. The first-order valence-corrected chi connectivity index (χ1v) is 7.87. The Labute approximate surface area is 112 Å². The molecule has 0 radical (unpaired) electrons. The fourth-order valence-electron chi connectivity index (χ4n) is 2.72. The van der Waals surface area contributed by atoms with Crippen LogP contribution in [0.3, 0.4) is 0 Å². The zero-order chi connectivity index (χ0) is 12.5. The van der Waals surface area contributed by atoms with Crippen LogP contribution in [0.25, 0.3) is 0 Å². The van der Waals surface area contributed by atoms with Crippen molar-refractivity contribution in [2.24, 2.45) is 5.92 Å². The van der Waals surface area contributed by atoms with Gasteiger partial charge in [-0.3, -0.25) is 4.79 Å². The predicted octanol–water partition coefficient (Wildman–Crippen LogP) is 3.29. The van der Waals surface area contributed by atoms with Crippen molar-refractivity contribution in [2.75, 3.05) is 18.0 Å². The van der Waals surface area contributed by atoms with Gasteiger partial charge in [-0.2, -0.15) is 0 Å². The molecule has 3 nitrogen and oxygen atoms in total. The molecule has 1 heterocycles. The molecular formula is C14H20N2OS. The summed E-state index contributed by atoms with van der Waals surface area (Å²) >= 11 is 1.74. The third kappa shape index (κ3) is 2.18. The summed E-state index contributed by atoms with van der Waals surface area (Å²) in [6.45, 7) is 4.30. The number of fused-ring (bicyclic) bond motifs is 1. The van der Waals surface area contributed by atoms with Crippen LogP contribution in [-0.2, 0) is 6.42 Å². The molecular weight excluding hydrogens is 244 g/mol.